The van der Waals surface area contributed by atoms with Crippen LogP contribution < -0.4 is 0 Å². The molecule has 0 aliphatic rings. The van der Waals surface area contributed by atoms with Crippen LogP contribution in [0.1, 0.15) is 65.7 Å². The second kappa shape index (κ2) is 9.83. The molecule has 0 nitrogen and oxygen atoms in total. The number of allylic oxidation sites excluding steroid dienone is 2. The van der Waals surface area contributed by atoms with E-state index in [1.165, 1.54) is 44.9 Å². The van der Waals surface area contributed by atoms with Crippen molar-refractivity contribution >= 4 is 0 Å². The molecule has 78 valence electrons. The molecule has 0 amide bonds. The lowest BCUT2D eigenvalue weighted by Gasteiger charge is -2.02. The Morgan fingerprint density at radius 3 is 2.38 bits per heavy atom. The summed E-state index contributed by atoms with van der Waals surface area (Å²) < 4.78 is 0. The normalized spacial score (nSPS) is 13.8. The second-order valence-corrected chi connectivity index (χ2v) is 4.04. The molecule has 1 unspecified atom stereocenters. The van der Waals surface area contributed by atoms with E-state index in [2.05, 4.69) is 32.9 Å². The van der Waals surface area contributed by atoms with Crippen molar-refractivity contribution < 1.29 is 0 Å². The summed E-state index contributed by atoms with van der Waals surface area (Å²) >= 11 is 0. The fourth-order valence-electron chi connectivity index (χ4n) is 1.57. The van der Waals surface area contributed by atoms with Gasteiger partial charge in [0.1, 0.15) is 0 Å². The van der Waals surface area contributed by atoms with Crippen LogP contribution in [0.4, 0.5) is 0 Å². The molecule has 0 spiro atoms. The van der Waals surface area contributed by atoms with E-state index in [4.69, 9.17) is 0 Å². The number of hydrogen-bond acceptors (Lipinski definition) is 0. The van der Waals surface area contributed by atoms with Crippen LogP contribution in [-0.2, 0) is 0 Å². The molecule has 0 rings (SSSR count). The van der Waals surface area contributed by atoms with Gasteiger partial charge in [-0.15, -0.1) is 0 Å². The Kier molecular flexibility index (Phi) is 9.63. The molecule has 13 heavy (non-hydrogen) atoms. The molecule has 0 saturated carbocycles. The van der Waals surface area contributed by atoms with Gasteiger partial charge in [0, 0.05) is 0 Å². The summed E-state index contributed by atoms with van der Waals surface area (Å²) in [7, 11) is 0. The fraction of sp³-hybridized carbons (Fsp3) is 0.846. The monoisotopic (exact) mass is 182 g/mol. The highest BCUT2D eigenvalue weighted by molar-refractivity contribution is 4.85. The van der Waals surface area contributed by atoms with E-state index in [1.54, 1.807) is 0 Å². The van der Waals surface area contributed by atoms with Crippen LogP contribution >= 0.6 is 0 Å². The average Bonchev–Trinajstić information content (AvgIpc) is 2.11. The maximum absolute atomic E-state index is 2.38. The van der Waals surface area contributed by atoms with Crippen LogP contribution in [0.2, 0.25) is 0 Å². The van der Waals surface area contributed by atoms with Gasteiger partial charge in [0.05, 0.1) is 0 Å². The Labute approximate surface area is 84.4 Å². The molecule has 0 saturated heterocycles. The standard InChI is InChI=1S/C13H26/c1-4-6-7-8-9-10-12-13(3)11-5-2/h10,12-13H,4-9,11H2,1-3H3. The van der Waals surface area contributed by atoms with Crippen LogP contribution in [0.25, 0.3) is 0 Å². The van der Waals surface area contributed by atoms with Gasteiger partial charge in [-0.2, -0.15) is 0 Å². The highest BCUT2D eigenvalue weighted by atomic mass is 14.0. The van der Waals surface area contributed by atoms with Crippen LogP contribution in [0.5, 0.6) is 0 Å². The molecule has 0 aromatic carbocycles. The highest BCUT2D eigenvalue weighted by Gasteiger charge is 1.92. The molecule has 0 aliphatic carbocycles. The number of unbranched alkanes of at least 4 members (excludes halogenated alkanes) is 4. The maximum atomic E-state index is 2.38. The zero-order chi connectivity index (χ0) is 9.94. The molecule has 0 fully saturated rings. The molecule has 0 heteroatoms. The number of rotatable bonds is 8. The van der Waals surface area contributed by atoms with Crippen molar-refractivity contribution in [2.75, 3.05) is 0 Å². The van der Waals surface area contributed by atoms with Gasteiger partial charge in [0.2, 0.25) is 0 Å². The van der Waals surface area contributed by atoms with Crippen LogP contribution in [0, 0.1) is 5.92 Å². The number of hydrogen-bond donors (Lipinski definition) is 0. The zero-order valence-corrected chi connectivity index (χ0v) is 9.68. The van der Waals surface area contributed by atoms with Crippen LogP contribution in [-0.4, -0.2) is 0 Å². The zero-order valence-electron chi connectivity index (χ0n) is 9.68. The molecule has 0 bridgehead atoms. The Balaban J connectivity index is 3.20. The first-order valence-electron chi connectivity index (χ1n) is 5.97. The van der Waals surface area contributed by atoms with Crippen molar-refractivity contribution in [1.29, 1.82) is 0 Å². The topological polar surface area (TPSA) is 0 Å². The Bertz CT molecular complexity index is 113. The van der Waals surface area contributed by atoms with Crippen molar-refractivity contribution in [3.05, 3.63) is 12.2 Å². The summed E-state index contributed by atoms with van der Waals surface area (Å²) in [6.07, 6.45) is 14.2. The van der Waals surface area contributed by atoms with Gasteiger partial charge in [0.25, 0.3) is 0 Å². The molecule has 1 atom stereocenters. The molecule has 0 heterocycles. The Morgan fingerprint density at radius 1 is 1.00 bits per heavy atom. The van der Waals surface area contributed by atoms with E-state index in [-0.39, 0.29) is 0 Å². The Morgan fingerprint density at radius 2 is 1.77 bits per heavy atom. The summed E-state index contributed by atoms with van der Waals surface area (Å²) in [5.41, 5.74) is 0. The SMILES string of the molecule is CCCCCCC=CC(C)CCC. The smallest absolute Gasteiger partial charge is 0.0262 e. The van der Waals surface area contributed by atoms with Crippen molar-refractivity contribution in [1.82, 2.24) is 0 Å². The van der Waals surface area contributed by atoms with E-state index in [1.807, 2.05) is 0 Å². The third kappa shape index (κ3) is 9.66. The van der Waals surface area contributed by atoms with E-state index < -0.39 is 0 Å². The van der Waals surface area contributed by atoms with Crippen LogP contribution in [0.3, 0.4) is 0 Å². The van der Waals surface area contributed by atoms with E-state index in [0.29, 0.717) is 0 Å². The van der Waals surface area contributed by atoms with Gasteiger partial charge in [-0.3, -0.25) is 0 Å². The molecular weight excluding hydrogens is 156 g/mol. The fourth-order valence-corrected chi connectivity index (χ4v) is 1.57. The van der Waals surface area contributed by atoms with Crippen molar-refractivity contribution in [3.63, 3.8) is 0 Å². The van der Waals surface area contributed by atoms with Gasteiger partial charge in [-0.1, -0.05) is 58.6 Å². The molecule has 0 aliphatic heterocycles. The summed E-state index contributed by atoms with van der Waals surface area (Å²) in [4.78, 5) is 0. The molecular formula is C13H26. The highest BCUT2D eigenvalue weighted by Crippen LogP contribution is 2.08. The molecule has 0 N–H and O–H groups in total. The second-order valence-electron chi connectivity index (χ2n) is 4.04. The maximum Gasteiger partial charge on any atom is -0.0262 e. The third-order valence-corrected chi connectivity index (χ3v) is 2.43. The predicted octanol–water partition coefficient (Wildman–Crippen LogP) is 4.95. The van der Waals surface area contributed by atoms with Crippen molar-refractivity contribution in [2.24, 2.45) is 5.92 Å². The first kappa shape index (κ1) is 12.7. The minimum absolute atomic E-state index is 0.788. The molecule has 0 aromatic rings. The van der Waals surface area contributed by atoms with Gasteiger partial charge >= 0.3 is 0 Å². The quantitative estimate of drug-likeness (QED) is 0.368. The average molecular weight is 182 g/mol. The minimum Gasteiger partial charge on any atom is -0.0883 e. The molecule has 0 aromatic heterocycles. The third-order valence-electron chi connectivity index (χ3n) is 2.43. The summed E-state index contributed by atoms with van der Waals surface area (Å²) in [6.45, 7) is 6.83. The lowest BCUT2D eigenvalue weighted by atomic mass is 10.0. The van der Waals surface area contributed by atoms with Gasteiger partial charge < -0.3 is 0 Å². The molecule has 0 radical (unpaired) electrons. The predicted molar refractivity (Wildman–Crippen MR) is 62.0 cm³/mol. The van der Waals surface area contributed by atoms with Crippen LogP contribution in [0.15, 0.2) is 12.2 Å². The van der Waals surface area contributed by atoms with E-state index >= 15 is 0 Å². The van der Waals surface area contributed by atoms with Gasteiger partial charge in [0.15, 0.2) is 0 Å². The minimum atomic E-state index is 0.788. The largest absolute Gasteiger partial charge is 0.0883 e. The van der Waals surface area contributed by atoms with Gasteiger partial charge in [-0.05, 0) is 25.2 Å². The van der Waals surface area contributed by atoms with Crippen molar-refractivity contribution in [2.45, 2.75) is 65.7 Å². The first-order valence-corrected chi connectivity index (χ1v) is 5.97. The summed E-state index contributed by atoms with van der Waals surface area (Å²) in [5, 5.41) is 0. The van der Waals surface area contributed by atoms with E-state index in [9.17, 15) is 0 Å². The van der Waals surface area contributed by atoms with Gasteiger partial charge in [-0.25, -0.2) is 0 Å². The lowest BCUT2D eigenvalue weighted by molar-refractivity contribution is 0.627. The summed E-state index contributed by atoms with van der Waals surface area (Å²) in [6, 6.07) is 0. The van der Waals surface area contributed by atoms with E-state index in [0.717, 1.165) is 5.92 Å². The summed E-state index contributed by atoms with van der Waals surface area (Å²) in [5.74, 6) is 0.788. The Hall–Kier alpha value is -0.260. The first-order chi connectivity index (χ1) is 6.31. The van der Waals surface area contributed by atoms with Crippen molar-refractivity contribution in [3.8, 4) is 0 Å². The lowest BCUT2D eigenvalue weighted by Crippen LogP contribution is -1.86.